The molecule has 1 aliphatic rings. The largest absolute Gasteiger partial charge is 0.420 e. The second-order valence-electron chi connectivity index (χ2n) is 8.36. The molecule has 0 radical (unpaired) electrons. The van der Waals surface area contributed by atoms with Gasteiger partial charge in [-0.3, -0.25) is 19.0 Å². The molecule has 0 aliphatic carbocycles. The smallest absolute Gasteiger partial charge is 0.408 e. The van der Waals surface area contributed by atoms with Crippen molar-refractivity contribution in [3.8, 4) is 0 Å². The number of amides is 2. The van der Waals surface area contributed by atoms with E-state index in [9.17, 15) is 19.2 Å². The van der Waals surface area contributed by atoms with E-state index in [2.05, 4.69) is 10.4 Å². The summed E-state index contributed by atoms with van der Waals surface area (Å²) in [5.74, 6) is -1.28. The minimum Gasteiger partial charge on any atom is -0.408 e. The van der Waals surface area contributed by atoms with Crippen LogP contribution in [0.15, 0.2) is 56.5 Å². The van der Waals surface area contributed by atoms with Crippen LogP contribution in [0.4, 0.5) is 5.69 Å². The van der Waals surface area contributed by atoms with Gasteiger partial charge >= 0.3 is 5.76 Å². The number of carbonyl (C=O) groups excluding carboxylic acids is 2. The van der Waals surface area contributed by atoms with E-state index < -0.39 is 11.7 Å². The number of carbonyl (C=O) groups is 2. The molecule has 34 heavy (non-hydrogen) atoms. The standard InChI is InChI=1S/C24H23N5O5/c1-27-23(32)17-8-4-3-7-16(17)21(26-27)22(31)25-15-9-10-19-18(13-15)29(24(33)34-19)14-20(30)28-11-5-2-6-12-28/h3-4,7-10,13H,2,5-6,11-12,14H2,1H3,(H,25,31). The van der Waals surface area contributed by atoms with Crippen molar-refractivity contribution in [3.63, 3.8) is 0 Å². The number of fused-ring (bicyclic) bond motifs is 2. The van der Waals surface area contributed by atoms with Gasteiger partial charge in [0.2, 0.25) is 5.91 Å². The first-order valence-electron chi connectivity index (χ1n) is 11.1. The van der Waals surface area contributed by atoms with E-state index in [1.165, 1.54) is 11.6 Å². The molecule has 0 unspecified atom stereocenters. The Morgan fingerprint density at radius 1 is 1.03 bits per heavy atom. The number of rotatable bonds is 4. The molecule has 1 aliphatic heterocycles. The molecule has 5 rings (SSSR count). The van der Waals surface area contributed by atoms with Gasteiger partial charge in [0, 0.05) is 31.2 Å². The van der Waals surface area contributed by atoms with Crippen LogP contribution in [0, 0.1) is 0 Å². The maximum absolute atomic E-state index is 13.1. The highest BCUT2D eigenvalue weighted by atomic mass is 16.4. The van der Waals surface area contributed by atoms with Crippen LogP contribution in [0.3, 0.4) is 0 Å². The van der Waals surface area contributed by atoms with Crippen LogP contribution < -0.4 is 16.6 Å². The lowest BCUT2D eigenvalue weighted by molar-refractivity contribution is -0.132. The predicted octanol–water partition coefficient (Wildman–Crippen LogP) is 2.11. The minimum absolute atomic E-state index is 0.0997. The Balaban J connectivity index is 1.46. The summed E-state index contributed by atoms with van der Waals surface area (Å²) in [5, 5.41) is 7.74. The van der Waals surface area contributed by atoms with Crippen molar-refractivity contribution in [2.24, 2.45) is 7.05 Å². The van der Waals surface area contributed by atoms with Crippen LogP contribution in [0.1, 0.15) is 29.8 Å². The second-order valence-corrected chi connectivity index (χ2v) is 8.36. The lowest BCUT2D eigenvalue weighted by Crippen LogP contribution is -2.39. The average molecular weight is 461 g/mol. The SMILES string of the molecule is Cn1nc(C(=O)Nc2ccc3oc(=O)n(CC(=O)N4CCCCC4)c3c2)c2ccccc2c1=O. The fourth-order valence-corrected chi connectivity index (χ4v) is 4.33. The maximum atomic E-state index is 13.1. The number of piperidine rings is 1. The molecule has 4 aromatic rings. The van der Waals surface area contributed by atoms with Gasteiger partial charge in [0.1, 0.15) is 6.54 Å². The number of aromatic nitrogens is 3. The van der Waals surface area contributed by atoms with Crippen LogP contribution in [0.2, 0.25) is 0 Å². The third-order valence-corrected chi connectivity index (χ3v) is 6.10. The van der Waals surface area contributed by atoms with Gasteiger partial charge in [0.15, 0.2) is 11.3 Å². The summed E-state index contributed by atoms with van der Waals surface area (Å²) in [5.41, 5.74) is 0.931. The zero-order chi connectivity index (χ0) is 23.8. The molecule has 3 heterocycles. The average Bonchev–Trinajstić information content (AvgIpc) is 3.16. The predicted molar refractivity (Wildman–Crippen MR) is 126 cm³/mol. The monoisotopic (exact) mass is 461 g/mol. The minimum atomic E-state index is -0.630. The first kappa shape index (κ1) is 21.6. The van der Waals surface area contributed by atoms with Gasteiger partial charge in [0.05, 0.1) is 10.9 Å². The van der Waals surface area contributed by atoms with Crippen molar-refractivity contribution < 1.29 is 14.0 Å². The lowest BCUT2D eigenvalue weighted by atomic mass is 10.1. The Labute approximate surface area is 193 Å². The Hall–Kier alpha value is -4.21. The molecule has 0 spiro atoms. The Bertz CT molecular complexity index is 1540. The normalized spacial score (nSPS) is 14.0. The summed E-state index contributed by atoms with van der Waals surface area (Å²) >= 11 is 0. The molecule has 2 amide bonds. The molecule has 2 aromatic carbocycles. The fourth-order valence-electron chi connectivity index (χ4n) is 4.33. The highest BCUT2D eigenvalue weighted by Gasteiger charge is 2.21. The van der Waals surface area contributed by atoms with E-state index in [1.807, 2.05) is 0 Å². The molecular formula is C24H23N5O5. The van der Waals surface area contributed by atoms with E-state index in [-0.39, 0.29) is 23.7 Å². The fraction of sp³-hybridized carbons (Fsp3) is 0.292. The van der Waals surface area contributed by atoms with E-state index >= 15 is 0 Å². The molecule has 1 saturated heterocycles. The third-order valence-electron chi connectivity index (χ3n) is 6.10. The van der Waals surface area contributed by atoms with Crippen molar-refractivity contribution in [1.29, 1.82) is 0 Å². The molecular weight excluding hydrogens is 438 g/mol. The Morgan fingerprint density at radius 2 is 1.76 bits per heavy atom. The maximum Gasteiger partial charge on any atom is 0.420 e. The molecule has 174 valence electrons. The summed E-state index contributed by atoms with van der Waals surface area (Å²) < 4.78 is 7.70. The summed E-state index contributed by atoms with van der Waals surface area (Å²) in [7, 11) is 1.49. The molecule has 1 N–H and O–H groups in total. The summed E-state index contributed by atoms with van der Waals surface area (Å²) in [4.78, 5) is 52.3. The van der Waals surface area contributed by atoms with Crippen molar-refractivity contribution in [2.75, 3.05) is 18.4 Å². The molecule has 10 heteroatoms. The molecule has 1 fully saturated rings. The number of hydrogen-bond donors (Lipinski definition) is 1. The Morgan fingerprint density at radius 3 is 2.53 bits per heavy atom. The van der Waals surface area contributed by atoms with Gasteiger partial charge in [-0.1, -0.05) is 18.2 Å². The zero-order valence-corrected chi connectivity index (χ0v) is 18.6. The number of aryl methyl sites for hydroxylation is 1. The summed E-state index contributed by atoms with van der Waals surface area (Å²) in [6.07, 6.45) is 3.01. The number of oxazole rings is 1. The molecule has 0 atom stereocenters. The van der Waals surface area contributed by atoms with Crippen molar-refractivity contribution in [1.82, 2.24) is 19.2 Å². The van der Waals surface area contributed by atoms with Gasteiger partial charge in [-0.25, -0.2) is 9.48 Å². The third kappa shape index (κ3) is 3.87. The number of anilines is 1. The first-order valence-corrected chi connectivity index (χ1v) is 11.1. The molecule has 10 nitrogen and oxygen atoms in total. The highest BCUT2D eigenvalue weighted by Crippen LogP contribution is 2.21. The topological polar surface area (TPSA) is 119 Å². The molecule has 0 saturated carbocycles. The second kappa shape index (κ2) is 8.62. The lowest BCUT2D eigenvalue weighted by Gasteiger charge is -2.26. The van der Waals surface area contributed by atoms with E-state index in [0.29, 0.717) is 40.6 Å². The summed E-state index contributed by atoms with van der Waals surface area (Å²) in [6.45, 7) is 1.24. The van der Waals surface area contributed by atoms with Crippen LogP contribution in [-0.2, 0) is 18.4 Å². The zero-order valence-electron chi connectivity index (χ0n) is 18.6. The van der Waals surface area contributed by atoms with Gasteiger partial charge in [-0.05, 0) is 43.5 Å². The van der Waals surface area contributed by atoms with Gasteiger partial charge in [0.25, 0.3) is 11.5 Å². The van der Waals surface area contributed by atoms with Crippen molar-refractivity contribution in [2.45, 2.75) is 25.8 Å². The van der Waals surface area contributed by atoms with Gasteiger partial charge < -0.3 is 14.6 Å². The van der Waals surface area contributed by atoms with Crippen LogP contribution >= 0.6 is 0 Å². The van der Waals surface area contributed by atoms with Crippen molar-refractivity contribution >= 4 is 39.4 Å². The van der Waals surface area contributed by atoms with Crippen LogP contribution in [0.5, 0.6) is 0 Å². The number of hydrogen-bond acceptors (Lipinski definition) is 6. The van der Waals surface area contributed by atoms with E-state index in [4.69, 9.17) is 4.42 Å². The van der Waals surface area contributed by atoms with E-state index in [0.717, 1.165) is 23.9 Å². The van der Waals surface area contributed by atoms with Gasteiger partial charge in [-0.2, -0.15) is 5.10 Å². The quantitative estimate of drug-likeness (QED) is 0.497. The Kier molecular flexibility index (Phi) is 5.48. The summed E-state index contributed by atoms with van der Waals surface area (Å²) in [6, 6.07) is 11.5. The number of likely N-dealkylation sites (tertiary alicyclic amines) is 1. The molecule has 2 aromatic heterocycles. The first-order chi connectivity index (χ1) is 16.4. The van der Waals surface area contributed by atoms with Crippen molar-refractivity contribution in [3.05, 3.63) is 69.1 Å². The number of nitrogens with zero attached hydrogens (tertiary/aromatic N) is 4. The van der Waals surface area contributed by atoms with Gasteiger partial charge in [-0.15, -0.1) is 0 Å². The van der Waals surface area contributed by atoms with Crippen LogP contribution in [0.25, 0.3) is 21.9 Å². The number of nitrogens with one attached hydrogen (secondary N) is 1. The highest BCUT2D eigenvalue weighted by molar-refractivity contribution is 6.11. The molecule has 0 bridgehead atoms. The number of benzene rings is 2. The van der Waals surface area contributed by atoms with E-state index in [1.54, 1.807) is 47.4 Å². The van der Waals surface area contributed by atoms with Crippen LogP contribution in [-0.4, -0.2) is 44.2 Å².